The molecule has 2 aromatic heterocycles. The summed E-state index contributed by atoms with van der Waals surface area (Å²) in [6, 6.07) is 14.5. The molecule has 180 valence electrons. The number of aromatic nitrogens is 3. The molecule has 0 radical (unpaired) electrons. The molecule has 0 unspecified atom stereocenters. The Kier molecular flexibility index (Phi) is 6.64. The lowest BCUT2D eigenvalue weighted by Crippen LogP contribution is -2.25. The Hall–Kier alpha value is -3.51. The molecule has 0 atom stereocenters. The van der Waals surface area contributed by atoms with Crippen LogP contribution in [0, 0.1) is 25.6 Å². The van der Waals surface area contributed by atoms with Crippen LogP contribution in [0.15, 0.2) is 72.0 Å². The quantitative estimate of drug-likeness (QED) is 0.330. The molecular weight excluding hydrogens is 441 g/mol. The lowest BCUT2D eigenvalue weighted by molar-refractivity contribution is 0.111. The molecule has 0 aliphatic heterocycles. The molecule has 0 N–H and O–H groups in total. The number of hydrogen-bond donors (Lipinski definition) is 0. The van der Waals surface area contributed by atoms with Crippen LogP contribution >= 0.6 is 0 Å². The van der Waals surface area contributed by atoms with Crippen LogP contribution in [0.5, 0.6) is 0 Å². The van der Waals surface area contributed by atoms with Crippen LogP contribution in [0.25, 0.3) is 5.69 Å². The van der Waals surface area contributed by atoms with Crippen molar-refractivity contribution in [3.05, 3.63) is 117 Å². The number of pyridine rings is 1. The third kappa shape index (κ3) is 5.77. The van der Waals surface area contributed by atoms with E-state index in [1.54, 1.807) is 16.7 Å². The maximum Gasteiger partial charge on any atom is 0.254 e. The van der Waals surface area contributed by atoms with E-state index in [4.69, 9.17) is 4.74 Å². The summed E-state index contributed by atoms with van der Waals surface area (Å²) >= 11 is 0. The Labute approximate surface area is 204 Å². The largest absolute Gasteiger partial charge is 0.376 e. The maximum atomic E-state index is 13.4. The molecule has 4 aromatic rings. The highest BCUT2D eigenvalue weighted by atomic mass is 19.1. The van der Waals surface area contributed by atoms with Gasteiger partial charge in [-0.3, -0.25) is 4.79 Å². The number of ether oxygens (including phenoxy) is 1. The Morgan fingerprint density at radius 2 is 1.77 bits per heavy atom. The molecule has 5 nitrogen and oxygen atoms in total. The van der Waals surface area contributed by atoms with Crippen molar-refractivity contribution in [1.82, 2.24) is 14.1 Å². The van der Waals surface area contributed by atoms with E-state index in [2.05, 4.69) is 30.1 Å². The zero-order valence-corrected chi connectivity index (χ0v) is 20.2. The van der Waals surface area contributed by atoms with Crippen molar-refractivity contribution in [2.24, 2.45) is 5.92 Å². The van der Waals surface area contributed by atoms with Crippen LogP contribution in [0.1, 0.15) is 46.4 Å². The second kappa shape index (κ2) is 10.0. The first kappa shape index (κ1) is 23.2. The van der Waals surface area contributed by atoms with Crippen molar-refractivity contribution in [1.29, 1.82) is 0 Å². The van der Waals surface area contributed by atoms with E-state index < -0.39 is 0 Å². The normalized spacial score (nSPS) is 13.3. The van der Waals surface area contributed by atoms with E-state index in [1.165, 1.54) is 25.0 Å². The number of halogens is 1. The van der Waals surface area contributed by atoms with Crippen molar-refractivity contribution >= 4 is 0 Å². The average molecular weight is 472 g/mol. The minimum absolute atomic E-state index is 0.0350. The number of aryl methyl sites for hydroxylation is 2. The highest BCUT2D eigenvalue weighted by molar-refractivity contribution is 5.44. The van der Waals surface area contributed by atoms with Gasteiger partial charge < -0.3 is 13.9 Å². The molecule has 1 aliphatic carbocycles. The van der Waals surface area contributed by atoms with Crippen LogP contribution in [-0.4, -0.2) is 20.7 Å². The third-order valence-electron chi connectivity index (χ3n) is 6.45. The minimum atomic E-state index is -0.284. The third-order valence-corrected chi connectivity index (χ3v) is 6.45. The smallest absolute Gasteiger partial charge is 0.254 e. The Bertz CT molecular complexity index is 1380. The lowest BCUT2D eigenvalue weighted by Gasteiger charge is -2.14. The average Bonchev–Trinajstić information content (AvgIpc) is 3.56. The van der Waals surface area contributed by atoms with Gasteiger partial charge in [0.1, 0.15) is 5.82 Å². The van der Waals surface area contributed by atoms with Crippen molar-refractivity contribution in [2.45, 2.75) is 46.3 Å². The van der Waals surface area contributed by atoms with E-state index in [1.807, 2.05) is 36.3 Å². The van der Waals surface area contributed by atoms with E-state index in [-0.39, 0.29) is 11.4 Å². The van der Waals surface area contributed by atoms with E-state index in [0.29, 0.717) is 25.5 Å². The molecule has 6 heteroatoms. The molecule has 0 spiro atoms. The first-order chi connectivity index (χ1) is 16.9. The highest BCUT2D eigenvalue weighted by Gasteiger charge is 2.21. The number of rotatable bonds is 9. The fraction of sp³-hybridized carbons (Fsp3) is 0.310. The van der Waals surface area contributed by atoms with Crippen LogP contribution in [0.3, 0.4) is 0 Å². The zero-order valence-electron chi connectivity index (χ0n) is 20.2. The predicted molar refractivity (Wildman–Crippen MR) is 134 cm³/mol. The fourth-order valence-electron chi connectivity index (χ4n) is 4.39. The molecule has 5 rings (SSSR count). The minimum Gasteiger partial charge on any atom is -0.376 e. The van der Waals surface area contributed by atoms with Gasteiger partial charge in [-0.25, -0.2) is 9.37 Å². The van der Waals surface area contributed by atoms with Gasteiger partial charge in [-0.05, 0) is 79.1 Å². The van der Waals surface area contributed by atoms with Gasteiger partial charge in [0.2, 0.25) is 0 Å². The Morgan fingerprint density at radius 3 is 2.46 bits per heavy atom. The van der Waals surface area contributed by atoms with Gasteiger partial charge in [-0.15, -0.1) is 0 Å². The fourth-order valence-corrected chi connectivity index (χ4v) is 4.39. The van der Waals surface area contributed by atoms with Gasteiger partial charge in [0.15, 0.2) is 0 Å². The van der Waals surface area contributed by atoms with Crippen molar-refractivity contribution in [3.8, 4) is 5.69 Å². The van der Waals surface area contributed by atoms with Crippen LogP contribution in [0.2, 0.25) is 0 Å². The predicted octanol–water partition coefficient (Wildman–Crippen LogP) is 5.36. The van der Waals surface area contributed by atoms with Gasteiger partial charge in [-0.2, -0.15) is 0 Å². The first-order valence-electron chi connectivity index (χ1n) is 12.1. The van der Waals surface area contributed by atoms with Crippen molar-refractivity contribution < 1.29 is 9.13 Å². The number of imidazole rings is 1. The van der Waals surface area contributed by atoms with Crippen LogP contribution in [0.4, 0.5) is 4.39 Å². The number of nitrogens with zero attached hydrogens (tertiary/aromatic N) is 3. The standard InChI is InChI=1S/C29H30FN3O2/c1-20-11-24(7-10-28(20)33-14-21(2)31-19-33)12-26-13-25(18-35-17-23-3-4-23)16-32(29(26)34)15-22-5-8-27(30)9-6-22/h5-11,13-14,16,19,23H,3-4,12,15,17-18H2,1-2H3. The van der Waals surface area contributed by atoms with E-state index >= 15 is 0 Å². The molecule has 0 saturated heterocycles. The Morgan fingerprint density at radius 1 is 1.00 bits per heavy atom. The monoisotopic (exact) mass is 471 g/mol. The van der Waals surface area contributed by atoms with Crippen molar-refractivity contribution in [2.75, 3.05) is 6.61 Å². The number of benzene rings is 2. The summed E-state index contributed by atoms with van der Waals surface area (Å²) < 4.78 is 23.0. The summed E-state index contributed by atoms with van der Waals surface area (Å²) in [5, 5.41) is 0. The van der Waals surface area contributed by atoms with Crippen LogP contribution in [-0.2, 0) is 24.3 Å². The summed E-state index contributed by atoms with van der Waals surface area (Å²) in [7, 11) is 0. The molecule has 1 saturated carbocycles. The molecule has 1 aliphatic rings. The summed E-state index contributed by atoms with van der Waals surface area (Å²) in [6.45, 7) is 5.67. The topological polar surface area (TPSA) is 49.0 Å². The first-order valence-corrected chi connectivity index (χ1v) is 12.1. The van der Waals surface area contributed by atoms with Gasteiger partial charge in [-0.1, -0.05) is 24.3 Å². The van der Waals surface area contributed by atoms with E-state index in [0.717, 1.165) is 45.8 Å². The molecule has 2 aromatic carbocycles. The number of hydrogen-bond acceptors (Lipinski definition) is 3. The highest BCUT2D eigenvalue weighted by Crippen LogP contribution is 2.29. The SMILES string of the molecule is Cc1cn(-c2ccc(Cc3cc(COCC4CC4)cn(Cc4ccc(F)cc4)c3=O)cc2C)cn1. The molecule has 0 amide bonds. The van der Waals surface area contributed by atoms with Gasteiger partial charge >= 0.3 is 0 Å². The molecule has 1 fully saturated rings. The Balaban J connectivity index is 1.42. The lowest BCUT2D eigenvalue weighted by atomic mass is 10.0. The molecule has 35 heavy (non-hydrogen) atoms. The summed E-state index contributed by atoms with van der Waals surface area (Å²) in [5.74, 6) is 0.397. The van der Waals surface area contributed by atoms with Crippen LogP contribution < -0.4 is 5.56 Å². The summed E-state index contributed by atoms with van der Waals surface area (Å²) in [4.78, 5) is 17.7. The van der Waals surface area contributed by atoms with Gasteiger partial charge in [0, 0.05) is 36.7 Å². The maximum absolute atomic E-state index is 13.4. The van der Waals surface area contributed by atoms with Crippen molar-refractivity contribution in [3.63, 3.8) is 0 Å². The molecule has 2 heterocycles. The zero-order chi connectivity index (χ0) is 24.4. The van der Waals surface area contributed by atoms with Gasteiger partial charge in [0.05, 0.1) is 25.2 Å². The van der Waals surface area contributed by atoms with E-state index in [9.17, 15) is 9.18 Å². The summed E-state index contributed by atoms with van der Waals surface area (Å²) in [5.41, 5.74) is 6.79. The molecular formula is C29H30FN3O2. The second-order valence-corrected chi connectivity index (χ2v) is 9.61. The second-order valence-electron chi connectivity index (χ2n) is 9.61. The van der Waals surface area contributed by atoms with Gasteiger partial charge in [0.25, 0.3) is 5.56 Å². The molecule has 0 bridgehead atoms. The summed E-state index contributed by atoms with van der Waals surface area (Å²) in [6.07, 6.45) is 8.70.